The van der Waals surface area contributed by atoms with Crippen LogP contribution in [0.15, 0.2) is 24.3 Å². The van der Waals surface area contributed by atoms with Crippen LogP contribution >= 0.6 is 11.3 Å². The van der Waals surface area contributed by atoms with Crippen molar-refractivity contribution >= 4 is 33.4 Å². The number of rotatable bonds is 5. The molecule has 1 aromatic carbocycles. The van der Waals surface area contributed by atoms with Gasteiger partial charge >= 0.3 is 0 Å². The number of nitrogens with zero attached hydrogens (tertiary/aromatic N) is 2. The van der Waals surface area contributed by atoms with Gasteiger partial charge in [0, 0.05) is 14.0 Å². The lowest BCUT2D eigenvalue weighted by molar-refractivity contribution is -0.137. The fourth-order valence-corrected chi connectivity index (χ4v) is 4.42. The molecule has 24 heavy (non-hydrogen) atoms. The third-order valence-corrected chi connectivity index (χ3v) is 5.60. The summed E-state index contributed by atoms with van der Waals surface area (Å²) in [6, 6.07) is 7.57. The Morgan fingerprint density at radius 3 is 2.71 bits per heavy atom. The highest BCUT2D eigenvalue weighted by Gasteiger charge is 2.33. The van der Waals surface area contributed by atoms with Gasteiger partial charge in [0.2, 0.25) is 11.8 Å². The van der Waals surface area contributed by atoms with E-state index in [1.165, 1.54) is 6.92 Å². The van der Waals surface area contributed by atoms with E-state index in [-0.39, 0.29) is 17.7 Å². The Kier molecular flexibility index (Phi) is 5.14. The molecule has 2 amide bonds. The van der Waals surface area contributed by atoms with Crippen LogP contribution in [0.1, 0.15) is 37.6 Å². The van der Waals surface area contributed by atoms with Crippen LogP contribution in [0.2, 0.25) is 0 Å². The summed E-state index contributed by atoms with van der Waals surface area (Å²) < 4.78 is 1.13. The van der Waals surface area contributed by atoms with E-state index in [4.69, 9.17) is 0 Å². The molecule has 0 saturated heterocycles. The van der Waals surface area contributed by atoms with E-state index in [1.54, 1.807) is 23.3 Å². The number of likely N-dealkylation sites (N-methyl/N-ethyl adjacent to an activating group) is 1. The maximum Gasteiger partial charge on any atom is 0.245 e. The molecule has 0 aliphatic heterocycles. The molecular formula is C18H23N3O2S. The number of amides is 2. The molecule has 1 aliphatic carbocycles. The van der Waals surface area contributed by atoms with Gasteiger partial charge < -0.3 is 10.2 Å². The minimum Gasteiger partial charge on any atom is -0.344 e. The maximum atomic E-state index is 12.9. The van der Waals surface area contributed by atoms with Gasteiger partial charge in [0.05, 0.1) is 16.8 Å². The monoisotopic (exact) mass is 345 g/mol. The summed E-state index contributed by atoms with van der Waals surface area (Å²) >= 11 is 1.61. The average Bonchev–Trinajstić information content (AvgIpc) is 3.20. The highest BCUT2D eigenvalue weighted by molar-refractivity contribution is 7.18. The maximum absolute atomic E-state index is 12.9. The Morgan fingerprint density at radius 1 is 1.33 bits per heavy atom. The molecule has 1 fully saturated rings. The molecule has 0 radical (unpaired) electrons. The number of hydrogen-bond donors (Lipinski definition) is 1. The number of benzene rings is 1. The molecule has 1 atom stereocenters. The largest absolute Gasteiger partial charge is 0.344 e. The van der Waals surface area contributed by atoms with Gasteiger partial charge in [-0.25, -0.2) is 4.98 Å². The summed E-state index contributed by atoms with van der Waals surface area (Å²) in [5.41, 5.74) is 0.965. The predicted molar refractivity (Wildman–Crippen MR) is 95.7 cm³/mol. The third-order valence-electron chi connectivity index (χ3n) is 4.58. The Balaban J connectivity index is 1.72. The number of carbonyl (C=O) groups excluding carboxylic acids is 2. The fourth-order valence-electron chi connectivity index (χ4n) is 3.40. The molecule has 3 rings (SSSR count). The zero-order valence-corrected chi connectivity index (χ0v) is 14.9. The van der Waals surface area contributed by atoms with Crippen LogP contribution in [0.5, 0.6) is 0 Å². The summed E-state index contributed by atoms with van der Waals surface area (Å²) in [4.78, 5) is 30.7. The summed E-state index contributed by atoms with van der Waals surface area (Å²) in [5.74, 6) is 0.0872. The fraction of sp³-hybridized carbons (Fsp3) is 0.500. The molecular weight excluding hydrogens is 322 g/mol. The molecule has 1 unspecified atom stereocenters. The molecule has 1 aromatic heterocycles. The minimum atomic E-state index is -0.413. The van der Waals surface area contributed by atoms with E-state index < -0.39 is 6.04 Å². The quantitative estimate of drug-likeness (QED) is 0.906. The summed E-state index contributed by atoms with van der Waals surface area (Å²) in [6.07, 6.45) is 4.28. The molecule has 1 aliphatic rings. The van der Waals surface area contributed by atoms with Crippen LogP contribution in [0.3, 0.4) is 0 Å². The second-order valence-electron chi connectivity index (χ2n) is 6.49. The zero-order valence-electron chi connectivity index (χ0n) is 14.1. The molecule has 6 heteroatoms. The third kappa shape index (κ3) is 3.75. The van der Waals surface area contributed by atoms with Crippen molar-refractivity contribution in [1.29, 1.82) is 0 Å². The second kappa shape index (κ2) is 7.30. The Hall–Kier alpha value is -1.95. The second-order valence-corrected chi connectivity index (χ2v) is 7.61. The number of thiazole rings is 1. The number of hydrogen-bond acceptors (Lipinski definition) is 4. The minimum absolute atomic E-state index is 0.0173. The lowest BCUT2D eigenvalue weighted by Gasteiger charge is -2.27. The van der Waals surface area contributed by atoms with Gasteiger partial charge in [-0.1, -0.05) is 25.0 Å². The summed E-state index contributed by atoms with van der Waals surface area (Å²) in [5, 5.41) is 3.78. The molecule has 1 N–H and O–H groups in total. The lowest BCUT2D eigenvalue weighted by Crippen LogP contribution is -2.50. The van der Waals surface area contributed by atoms with Gasteiger partial charge in [-0.15, -0.1) is 11.3 Å². The van der Waals surface area contributed by atoms with Crippen molar-refractivity contribution in [1.82, 2.24) is 15.2 Å². The highest BCUT2D eigenvalue weighted by Crippen LogP contribution is 2.29. The lowest BCUT2D eigenvalue weighted by atomic mass is 9.97. The average molecular weight is 345 g/mol. The summed E-state index contributed by atoms with van der Waals surface area (Å²) in [6.45, 7) is 1.95. The van der Waals surface area contributed by atoms with Crippen LogP contribution in [0, 0.1) is 5.92 Å². The smallest absolute Gasteiger partial charge is 0.245 e. The van der Waals surface area contributed by atoms with Gasteiger partial charge in [-0.2, -0.15) is 0 Å². The van der Waals surface area contributed by atoms with E-state index in [0.29, 0.717) is 6.54 Å². The van der Waals surface area contributed by atoms with Crippen molar-refractivity contribution in [3.8, 4) is 0 Å². The van der Waals surface area contributed by atoms with Crippen LogP contribution in [-0.2, 0) is 16.1 Å². The number of fused-ring (bicyclic) bond motifs is 1. The Morgan fingerprint density at radius 2 is 2.04 bits per heavy atom. The molecule has 128 valence electrons. The standard InChI is InChI=1S/C18H23N3O2S/c1-12(22)19-17(13-7-3-4-8-13)18(23)21(2)11-16-20-14-9-5-6-10-15(14)24-16/h5-6,9-10,13,17H,3-4,7-8,11H2,1-2H3,(H,19,22). The van der Waals surface area contributed by atoms with Crippen LogP contribution < -0.4 is 5.32 Å². The Labute approximate surface area is 146 Å². The van der Waals surface area contributed by atoms with E-state index in [9.17, 15) is 9.59 Å². The molecule has 5 nitrogen and oxygen atoms in total. The number of carbonyl (C=O) groups is 2. The van der Waals surface area contributed by atoms with E-state index in [1.807, 2.05) is 24.3 Å². The zero-order chi connectivity index (χ0) is 17.1. The van der Waals surface area contributed by atoms with Crippen molar-refractivity contribution in [3.05, 3.63) is 29.3 Å². The van der Waals surface area contributed by atoms with Gasteiger partial charge in [0.1, 0.15) is 11.0 Å². The van der Waals surface area contributed by atoms with Gasteiger partial charge in [-0.3, -0.25) is 9.59 Å². The molecule has 1 heterocycles. The molecule has 0 spiro atoms. The number of para-hydroxylation sites is 1. The Bertz CT molecular complexity index is 704. The first-order valence-electron chi connectivity index (χ1n) is 8.41. The predicted octanol–water partition coefficient (Wildman–Crippen LogP) is 2.95. The van der Waals surface area contributed by atoms with Crippen LogP contribution in [0.25, 0.3) is 10.2 Å². The number of aromatic nitrogens is 1. The molecule has 1 saturated carbocycles. The van der Waals surface area contributed by atoms with Gasteiger partial charge in [0.15, 0.2) is 0 Å². The first kappa shape index (κ1) is 16.9. The van der Waals surface area contributed by atoms with Crippen molar-refractivity contribution in [2.45, 2.75) is 45.2 Å². The van der Waals surface area contributed by atoms with Gasteiger partial charge in [-0.05, 0) is 30.9 Å². The van der Waals surface area contributed by atoms with Crippen LogP contribution in [-0.4, -0.2) is 34.8 Å². The van der Waals surface area contributed by atoms with Crippen LogP contribution in [0.4, 0.5) is 0 Å². The van der Waals surface area contributed by atoms with Crippen molar-refractivity contribution in [2.24, 2.45) is 5.92 Å². The first-order valence-corrected chi connectivity index (χ1v) is 9.23. The molecule has 0 bridgehead atoms. The first-order chi connectivity index (χ1) is 11.5. The van der Waals surface area contributed by atoms with Crippen molar-refractivity contribution in [3.63, 3.8) is 0 Å². The SMILES string of the molecule is CC(=O)NC(C(=O)N(C)Cc1nc2ccccc2s1)C1CCCC1. The van der Waals surface area contributed by atoms with Crippen molar-refractivity contribution in [2.75, 3.05) is 7.05 Å². The normalized spacial score (nSPS) is 16.2. The highest BCUT2D eigenvalue weighted by atomic mass is 32.1. The molecule has 2 aromatic rings. The van der Waals surface area contributed by atoms with Crippen molar-refractivity contribution < 1.29 is 9.59 Å². The van der Waals surface area contributed by atoms with E-state index >= 15 is 0 Å². The van der Waals surface area contributed by atoms with Gasteiger partial charge in [0.25, 0.3) is 0 Å². The van der Waals surface area contributed by atoms with E-state index in [0.717, 1.165) is 40.9 Å². The van der Waals surface area contributed by atoms with E-state index in [2.05, 4.69) is 10.3 Å². The summed E-state index contributed by atoms with van der Waals surface area (Å²) in [7, 11) is 1.79. The number of nitrogens with one attached hydrogen (secondary N) is 1. The topological polar surface area (TPSA) is 62.3 Å².